The third kappa shape index (κ3) is 2.98. The standard InChI is InChI=1S/C14H26N4/c1-3-7-12-13(15)14(18(2)17-12)16-10-11-8-5-4-6-9-11/h11,16H,3-10,15H2,1-2H3. The molecular formula is C14H26N4. The minimum atomic E-state index is 0.808. The number of nitrogens with zero attached hydrogens (tertiary/aromatic N) is 2. The molecule has 1 saturated carbocycles. The fourth-order valence-corrected chi connectivity index (χ4v) is 2.86. The predicted octanol–water partition coefficient (Wildman–Crippen LogP) is 2.95. The zero-order valence-electron chi connectivity index (χ0n) is 11.7. The highest BCUT2D eigenvalue weighted by Crippen LogP contribution is 2.27. The summed E-state index contributed by atoms with van der Waals surface area (Å²) in [6, 6.07) is 0. The molecule has 0 bridgehead atoms. The average molecular weight is 250 g/mol. The summed E-state index contributed by atoms with van der Waals surface area (Å²) in [5.74, 6) is 1.81. The van der Waals surface area contributed by atoms with Gasteiger partial charge >= 0.3 is 0 Å². The molecule has 0 radical (unpaired) electrons. The number of nitrogens with one attached hydrogen (secondary N) is 1. The van der Waals surface area contributed by atoms with Crippen LogP contribution in [0.2, 0.25) is 0 Å². The van der Waals surface area contributed by atoms with Gasteiger partial charge in [-0.15, -0.1) is 0 Å². The first-order valence-corrected chi connectivity index (χ1v) is 7.27. The van der Waals surface area contributed by atoms with E-state index in [0.29, 0.717) is 0 Å². The Hall–Kier alpha value is -1.19. The quantitative estimate of drug-likeness (QED) is 0.844. The van der Waals surface area contributed by atoms with Crippen molar-refractivity contribution in [2.45, 2.75) is 51.9 Å². The molecular weight excluding hydrogens is 224 g/mol. The van der Waals surface area contributed by atoms with E-state index >= 15 is 0 Å². The highest BCUT2D eigenvalue weighted by molar-refractivity contribution is 5.65. The van der Waals surface area contributed by atoms with Crippen molar-refractivity contribution in [3.05, 3.63) is 5.69 Å². The Bertz CT molecular complexity index is 377. The zero-order valence-corrected chi connectivity index (χ0v) is 11.7. The summed E-state index contributed by atoms with van der Waals surface area (Å²) in [6.45, 7) is 3.19. The molecule has 3 N–H and O–H groups in total. The van der Waals surface area contributed by atoms with Gasteiger partial charge in [-0.2, -0.15) is 5.10 Å². The van der Waals surface area contributed by atoms with Crippen LogP contribution in [0, 0.1) is 5.92 Å². The Morgan fingerprint density at radius 2 is 2.06 bits per heavy atom. The van der Waals surface area contributed by atoms with Crippen molar-refractivity contribution < 1.29 is 0 Å². The van der Waals surface area contributed by atoms with Crippen LogP contribution >= 0.6 is 0 Å². The van der Waals surface area contributed by atoms with Gasteiger partial charge in [0.2, 0.25) is 0 Å². The van der Waals surface area contributed by atoms with Crippen molar-refractivity contribution in [3.63, 3.8) is 0 Å². The molecule has 2 rings (SSSR count). The van der Waals surface area contributed by atoms with Gasteiger partial charge in [-0.3, -0.25) is 4.68 Å². The van der Waals surface area contributed by atoms with Gasteiger partial charge in [-0.1, -0.05) is 32.6 Å². The third-order valence-corrected chi connectivity index (χ3v) is 3.93. The maximum Gasteiger partial charge on any atom is 0.147 e. The number of rotatable bonds is 5. The van der Waals surface area contributed by atoms with E-state index in [1.807, 2.05) is 11.7 Å². The van der Waals surface area contributed by atoms with Crippen LogP contribution in [0.25, 0.3) is 0 Å². The van der Waals surface area contributed by atoms with E-state index in [-0.39, 0.29) is 0 Å². The van der Waals surface area contributed by atoms with Crippen LogP contribution in [-0.4, -0.2) is 16.3 Å². The zero-order chi connectivity index (χ0) is 13.0. The van der Waals surface area contributed by atoms with Crippen molar-refractivity contribution >= 4 is 11.5 Å². The van der Waals surface area contributed by atoms with E-state index in [4.69, 9.17) is 5.73 Å². The maximum atomic E-state index is 6.16. The minimum Gasteiger partial charge on any atom is -0.394 e. The van der Waals surface area contributed by atoms with E-state index in [0.717, 1.165) is 42.5 Å². The van der Waals surface area contributed by atoms with Gasteiger partial charge in [-0.25, -0.2) is 0 Å². The molecule has 1 aromatic heterocycles. The molecule has 0 aromatic carbocycles. The summed E-state index contributed by atoms with van der Waals surface area (Å²) >= 11 is 0. The fourth-order valence-electron chi connectivity index (χ4n) is 2.86. The molecule has 0 unspecified atom stereocenters. The lowest BCUT2D eigenvalue weighted by Gasteiger charge is -2.22. The van der Waals surface area contributed by atoms with E-state index in [1.165, 1.54) is 32.1 Å². The molecule has 1 aliphatic carbocycles. The van der Waals surface area contributed by atoms with E-state index in [2.05, 4.69) is 17.3 Å². The first-order chi connectivity index (χ1) is 8.72. The van der Waals surface area contributed by atoms with Crippen LogP contribution in [-0.2, 0) is 13.5 Å². The van der Waals surface area contributed by atoms with Gasteiger partial charge in [0.15, 0.2) is 0 Å². The number of hydrogen-bond donors (Lipinski definition) is 2. The lowest BCUT2D eigenvalue weighted by Crippen LogP contribution is -2.18. The molecule has 0 amide bonds. The highest BCUT2D eigenvalue weighted by atomic mass is 15.3. The molecule has 0 saturated heterocycles. The fraction of sp³-hybridized carbons (Fsp3) is 0.786. The summed E-state index contributed by atoms with van der Waals surface area (Å²) in [5, 5.41) is 8.00. The van der Waals surface area contributed by atoms with Gasteiger partial charge in [0, 0.05) is 13.6 Å². The lowest BCUT2D eigenvalue weighted by atomic mass is 9.89. The number of aryl methyl sites for hydroxylation is 2. The molecule has 1 fully saturated rings. The SMILES string of the molecule is CCCc1nn(C)c(NCC2CCCCC2)c1N. The Morgan fingerprint density at radius 3 is 2.72 bits per heavy atom. The first-order valence-electron chi connectivity index (χ1n) is 7.27. The Balaban J connectivity index is 1.95. The number of nitrogen functional groups attached to an aromatic ring is 1. The first kappa shape index (κ1) is 13.2. The summed E-state index contributed by atoms with van der Waals surface area (Å²) < 4.78 is 1.89. The molecule has 1 heterocycles. The summed E-state index contributed by atoms with van der Waals surface area (Å²) in [7, 11) is 1.97. The van der Waals surface area contributed by atoms with Crippen LogP contribution in [0.15, 0.2) is 0 Å². The second-order valence-corrected chi connectivity index (χ2v) is 5.47. The Kier molecular flexibility index (Phi) is 4.50. The molecule has 0 aliphatic heterocycles. The summed E-state index contributed by atoms with van der Waals surface area (Å²) in [5.41, 5.74) is 8.04. The van der Waals surface area contributed by atoms with Crippen LogP contribution < -0.4 is 11.1 Å². The number of nitrogens with two attached hydrogens (primary N) is 1. The number of aromatic nitrogens is 2. The number of anilines is 2. The normalized spacial score (nSPS) is 17.0. The van der Waals surface area contributed by atoms with Crippen LogP contribution in [0.5, 0.6) is 0 Å². The van der Waals surface area contributed by atoms with Gasteiger partial charge in [0.05, 0.1) is 11.4 Å². The Morgan fingerprint density at radius 1 is 1.33 bits per heavy atom. The average Bonchev–Trinajstić information content (AvgIpc) is 2.64. The van der Waals surface area contributed by atoms with E-state index in [9.17, 15) is 0 Å². The van der Waals surface area contributed by atoms with Gasteiger partial charge in [0.25, 0.3) is 0 Å². The molecule has 1 aromatic rings. The minimum absolute atomic E-state index is 0.808. The van der Waals surface area contributed by atoms with E-state index in [1.54, 1.807) is 0 Å². The maximum absolute atomic E-state index is 6.16. The largest absolute Gasteiger partial charge is 0.394 e. The predicted molar refractivity (Wildman–Crippen MR) is 76.7 cm³/mol. The second-order valence-electron chi connectivity index (χ2n) is 5.47. The monoisotopic (exact) mass is 250 g/mol. The van der Waals surface area contributed by atoms with Crippen molar-refractivity contribution in [2.75, 3.05) is 17.6 Å². The number of hydrogen-bond acceptors (Lipinski definition) is 3. The molecule has 4 nitrogen and oxygen atoms in total. The van der Waals surface area contributed by atoms with Crippen LogP contribution in [0.1, 0.15) is 51.1 Å². The lowest BCUT2D eigenvalue weighted by molar-refractivity contribution is 0.373. The molecule has 0 atom stereocenters. The molecule has 102 valence electrons. The molecule has 0 spiro atoms. The highest BCUT2D eigenvalue weighted by Gasteiger charge is 2.16. The summed E-state index contributed by atoms with van der Waals surface area (Å²) in [4.78, 5) is 0. The third-order valence-electron chi connectivity index (χ3n) is 3.93. The van der Waals surface area contributed by atoms with Crippen molar-refractivity contribution in [1.82, 2.24) is 9.78 Å². The molecule has 4 heteroatoms. The van der Waals surface area contributed by atoms with Crippen molar-refractivity contribution in [2.24, 2.45) is 13.0 Å². The topological polar surface area (TPSA) is 55.9 Å². The smallest absolute Gasteiger partial charge is 0.147 e. The van der Waals surface area contributed by atoms with Crippen molar-refractivity contribution in [1.29, 1.82) is 0 Å². The molecule has 18 heavy (non-hydrogen) atoms. The van der Waals surface area contributed by atoms with Gasteiger partial charge in [0.1, 0.15) is 5.82 Å². The van der Waals surface area contributed by atoms with Crippen molar-refractivity contribution in [3.8, 4) is 0 Å². The Labute approximate surface area is 110 Å². The second kappa shape index (κ2) is 6.12. The van der Waals surface area contributed by atoms with E-state index < -0.39 is 0 Å². The van der Waals surface area contributed by atoms with Crippen LogP contribution in [0.4, 0.5) is 11.5 Å². The van der Waals surface area contributed by atoms with Gasteiger partial charge in [-0.05, 0) is 25.2 Å². The van der Waals surface area contributed by atoms with Crippen LogP contribution in [0.3, 0.4) is 0 Å². The summed E-state index contributed by atoms with van der Waals surface area (Å²) in [6.07, 6.45) is 8.93. The molecule has 1 aliphatic rings. The van der Waals surface area contributed by atoms with Gasteiger partial charge < -0.3 is 11.1 Å².